The Morgan fingerprint density at radius 3 is 2.30 bits per heavy atom. The van der Waals surface area contributed by atoms with Gasteiger partial charge in [0, 0.05) is 45.2 Å². The molecule has 2 N–H and O–H groups in total. The first-order chi connectivity index (χ1) is 22.3. The average Bonchev–Trinajstić information content (AvgIpc) is 3.24. The molecule has 0 radical (unpaired) electrons. The third kappa shape index (κ3) is 7.39. The van der Waals surface area contributed by atoms with Crippen LogP contribution in [-0.4, -0.2) is 98.0 Å². The van der Waals surface area contributed by atoms with Crippen molar-refractivity contribution in [2.75, 3.05) is 26.2 Å². The highest BCUT2D eigenvalue weighted by atomic mass is 32.2. The van der Waals surface area contributed by atoms with Crippen molar-refractivity contribution >= 4 is 40.7 Å². The van der Waals surface area contributed by atoms with Crippen molar-refractivity contribution < 1.29 is 37.7 Å². The van der Waals surface area contributed by atoms with Gasteiger partial charge in [0.25, 0.3) is 11.8 Å². The predicted octanol–water partition coefficient (Wildman–Crippen LogP) is 2.36. The molecule has 4 aliphatic heterocycles. The molecule has 4 heterocycles. The minimum Gasteiger partial charge on any atom is -0.488 e. The number of likely N-dealkylation sites (tertiary alicyclic amines) is 1. The van der Waals surface area contributed by atoms with Gasteiger partial charge in [-0.15, -0.1) is 0 Å². The van der Waals surface area contributed by atoms with E-state index in [1.54, 1.807) is 12.1 Å². The van der Waals surface area contributed by atoms with Crippen LogP contribution in [0.1, 0.15) is 72.7 Å². The zero-order valence-corrected chi connectivity index (χ0v) is 27.5. The number of benzene rings is 2. The summed E-state index contributed by atoms with van der Waals surface area (Å²) in [6.45, 7) is 8.57. The third-order valence-electron chi connectivity index (χ3n) is 8.57. The van der Waals surface area contributed by atoms with Crippen LogP contribution in [0.15, 0.2) is 47.4 Å². The minimum atomic E-state index is -1.32. The molecule has 0 bridgehead atoms. The summed E-state index contributed by atoms with van der Waals surface area (Å²) in [4.78, 5) is 65.8. The molecule has 0 aromatic heterocycles. The van der Waals surface area contributed by atoms with Crippen LogP contribution in [0, 0.1) is 0 Å². The Bertz CT molecular complexity index is 1610. The van der Waals surface area contributed by atoms with Crippen LogP contribution in [-0.2, 0) is 31.9 Å². The summed E-state index contributed by atoms with van der Waals surface area (Å²) in [5.41, 5.74) is 0.842. The Morgan fingerprint density at radius 1 is 0.957 bits per heavy atom. The fraction of sp³-hybridized carbons (Fsp3) is 0.485. The fourth-order valence-corrected chi connectivity index (χ4v) is 7.43. The molecule has 3 fully saturated rings. The molecule has 3 saturated heterocycles. The first kappa shape index (κ1) is 32.8. The average molecular weight is 666 g/mol. The highest BCUT2D eigenvalue weighted by Crippen LogP contribution is 2.30. The number of carbonyl (C=O) groups is 5. The smallest absolute Gasteiger partial charge is 0.407 e. The van der Waals surface area contributed by atoms with Gasteiger partial charge in [-0.25, -0.2) is 13.3 Å². The van der Waals surface area contributed by atoms with E-state index in [1.807, 2.05) is 55.4 Å². The summed E-state index contributed by atoms with van der Waals surface area (Å²) in [6, 6.07) is 11.4. The van der Waals surface area contributed by atoms with E-state index in [0.29, 0.717) is 56.2 Å². The van der Waals surface area contributed by atoms with Gasteiger partial charge in [-0.3, -0.25) is 34.3 Å². The second-order valence-electron chi connectivity index (χ2n) is 13.3. The van der Waals surface area contributed by atoms with Crippen molar-refractivity contribution in [2.24, 2.45) is 0 Å². The van der Waals surface area contributed by atoms with E-state index >= 15 is 0 Å². The Kier molecular flexibility index (Phi) is 9.18. The number of nitrogens with zero attached hydrogens (tertiary/aromatic N) is 3. The molecule has 6 rings (SSSR count). The normalized spacial score (nSPS) is 22.0. The quantitative estimate of drug-likeness (QED) is 0.405. The molecular weight excluding hydrogens is 626 g/mol. The number of amides is 5. The predicted molar refractivity (Wildman–Crippen MR) is 170 cm³/mol. The van der Waals surface area contributed by atoms with Gasteiger partial charge in [-0.2, -0.15) is 0 Å². The molecule has 0 saturated carbocycles. The highest BCUT2D eigenvalue weighted by molar-refractivity contribution is 7.82. The number of rotatable bonds is 8. The summed E-state index contributed by atoms with van der Waals surface area (Å²) in [7, 11) is -1.32. The van der Waals surface area contributed by atoms with Crippen molar-refractivity contribution in [3.8, 4) is 5.75 Å². The molecule has 0 aliphatic carbocycles. The molecule has 2 unspecified atom stereocenters. The van der Waals surface area contributed by atoms with E-state index < -0.39 is 52.4 Å². The minimum absolute atomic E-state index is 0.0133. The summed E-state index contributed by atoms with van der Waals surface area (Å²) >= 11 is 0. The first-order valence-electron chi connectivity index (χ1n) is 15.8. The SMILES string of the molecule is CC(C)(C)OC(=O)NC1CCN(S(=O)c2ccc(OC3CN(Cc4ccc5c(c4)C(=O)N(C4CCC(=O)NC4=O)C5=O)C3)cc2)CC1. The van der Waals surface area contributed by atoms with Gasteiger partial charge in [-0.1, -0.05) is 6.07 Å². The molecule has 0 spiro atoms. The van der Waals surface area contributed by atoms with E-state index in [-0.39, 0.29) is 36.1 Å². The Labute approximate surface area is 275 Å². The van der Waals surface area contributed by atoms with Crippen LogP contribution in [0.5, 0.6) is 5.75 Å². The summed E-state index contributed by atoms with van der Waals surface area (Å²) in [6.07, 6.45) is 1.11. The molecule has 2 atom stereocenters. The number of hydrogen-bond acceptors (Lipinski definition) is 9. The van der Waals surface area contributed by atoms with E-state index in [9.17, 15) is 28.2 Å². The largest absolute Gasteiger partial charge is 0.488 e. The third-order valence-corrected chi connectivity index (χ3v) is 10.1. The summed E-state index contributed by atoms with van der Waals surface area (Å²) in [5.74, 6) is -1.39. The molecular formula is C33H39N5O8S. The Hall–Kier alpha value is -4.14. The van der Waals surface area contributed by atoms with Crippen LogP contribution in [0.3, 0.4) is 0 Å². The van der Waals surface area contributed by atoms with Gasteiger partial charge in [0.15, 0.2) is 0 Å². The van der Waals surface area contributed by atoms with Crippen molar-refractivity contribution in [1.29, 1.82) is 0 Å². The van der Waals surface area contributed by atoms with Crippen LogP contribution in [0.4, 0.5) is 4.79 Å². The highest BCUT2D eigenvalue weighted by Gasteiger charge is 2.44. The zero-order valence-electron chi connectivity index (χ0n) is 26.7. The van der Waals surface area contributed by atoms with Gasteiger partial charge >= 0.3 is 6.09 Å². The molecule has 14 heteroatoms. The zero-order chi connectivity index (χ0) is 33.5. The number of alkyl carbamates (subject to hydrolysis) is 1. The lowest BCUT2D eigenvalue weighted by molar-refractivity contribution is -0.136. The van der Waals surface area contributed by atoms with Crippen LogP contribution >= 0.6 is 0 Å². The Balaban J connectivity index is 0.950. The monoisotopic (exact) mass is 665 g/mol. The van der Waals surface area contributed by atoms with Crippen molar-refractivity contribution in [3.63, 3.8) is 0 Å². The first-order valence-corrected chi connectivity index (χ1v) is 17.0. The van der Waals surface area contributed by atoms with E-state index in [1.165, 1.54) is 0 Å². The summed E-state index contributed by atoms with van der Waals surface area (Å²) in [5, 5.41) is 5.11. The van der Waals surface area contributed by atoms with Crippen molar-refractivity contribution in [2.45, 2.75) is 81.7 Å². The second-order valence-corrected chi connectivity index (χ2v) is 14.8. The van der Waals surface area contributed by atoms with Crippen LogP contribution < -0.4 is 15.4 Å². The lowest BCUT2D eigenvalue weighted by atomic mass is 10.0. The number of hydrogen-bond donors (Lipinski definition) is 2. The maximum absolute atomic E-state index is 13.2. The lowest BCUT2D eigenvalue weighted by Gasteiger charge is -2.39. The number of piperidine rings is 2. The van der Waals surface area contributed by atoms with Crippen molar-refractivity contribution in [3.05, 3.63) is 59.2 Å². The van der Waals surface area contributed by atoms with Crippen molar-refractivity contribution in [1.82, 2.24) is 24.7 Å². The molecule has 13 nitrogen and oxygen atoms in total. The molecule has 47 heavy (non-hydrogen) atoms. The van der Waals surface area contributed by atoms with Crippen LogP contribution in [0.2, 0.25) is 0 Å². The van der Waals surface area contributed by atoms with E-state index in [0.717, 1.165) is 10.5 Å². The number of ether oxygens (including phenoxy) is 2. The van der Waals surface area contributed by atoms with E-state index in [4.69, 9.17) is 9.47 Å². The maximum atomic E-state index is 13.2. The van der Waals surface area contributed by atoms with Gasteiger partial charge in [-0.05, 0) is 82.0 Å². The summed E-state index contributed by atoms with van der Waals surface area (Å²) < 4.78 is 26.5. The van der Waals surface area contributed by atoms with Gasteiger partial charge in [0.2, 0.25) is 11.8 Å². The number of imide groups is 2. The molecule has 2 aromatic carbocycles. The van der Waals surface area contributed by atoms with Gasteiger partial charge < -0.3 is 14.8 Å². The fourth-order valence-electron chi connectivity index (χ4n) is 6.22. The second kappa shape index (κ2) is 13.2. The number of nitrogens with one attached hydrogen (secondary N) is 2. The Morgan fingerprint density at radius 2 is 1.64 bits per heavy atom. The van der Waals surface area contributed by atoms with Gasteiger partial charge in [0.05, 0.1) is 16.0 Å². The van der Waals surface area contributed by atoms with E-state index in [2.05, 4.69) is 15.5 Å². The maximum Gasteiger partial charge on any atom is 0.407 e. The van der Waals surface area contributed by atoms with Gasteiger partial charge in [0.1, 0.15) is 34.5 Å². The molecule has 250 valence electrons. The number of carbonyl (C=O) groups excluding carboxylic acids is 5. The number of fused-ring (bicyclic) bond motifs is 1. The molecule has 4 aliphatic rings. The standard InChI is InChI=1S/C33H39N5O8S/c1-33(2,3)46-32(43)34-21-12-14-37(15-13-21)47(44)24-7-5-22(6-8-24)45-23-18-36(19-23)17-20-4-9-25-26(16-20)31(42)38(30(25)41)27-10-11-28(39)35-29(27)40/h4-9,16,21,23,27H,10-15,17-19H2,1-3H3,(H,34,43)(H,35,39,40). The molecule has 5 amide bonds. The lowest BCUT2D eigenvalue weighted by Crippen LogP contribution is -2.54. The molecule has 2 aromatic rings. The topological polar surface area (TPSA) is 155 Å². The van der Waals surface area contributed by atoms with Crippen LogP contribution in [0.25, 0.3) is 0 Å².